The van der Waals surface area contributed by atoms with Crippen molar-refractivity contribution in [3.8, 4) is 5.75 Å². The Bertz CT molecular complexity index is 910. The molecular formula is C26H36O8. The molecule has 0 amide bonds. The lowest BCUT2D eigenvalue weighted by Gasteiger charge is -2.60. The lowest BCUT2D eigenvalue weighted by molar-refractivity contribution is -0.268. The second-order valence-corrected chi connectivity index (χ2v) is 10.1. The molecule has 1 heterocycles. The zero-order valence-electron chi connectivity index (χ0n) is 20.8. The summed E-state index contributed by atoms with van der Waals surface area (Å²) in [4.78, 5) is 13.4. The van der Waals surface area contributed by atoms with Crippen molar-refractivity contribution in [1.82, 2.24) is 0 Å². The predicted molar refractivity (Wildman–Crippen MR) is 123 cm³/mol. The summed E-state index contributed by atoms with van der Waals surface area (Å²) in [6.45, 7) is 6.23. The quantitative estimate of drug-likeness (QED) is 0.348. The highest BCUT2D eigenvalue weighted by molar-refractivity contribution is 5.78. The first-order chi connectivity index (χ1) is 16.2. The Kier molecular flexibility index (Phi) is 7.09. The summed E-state index contributed by atoms with van der Waals surface area (Å²) >= 11 is 0. The fraction of sp³-hybridized carbons (Fsp3) is 0.654. The second kappa shape index (κ2) is 9.59. The van der Waals surface area contributed by atoms with Gasteiger partial charge in [-0.2, -0.15) is 0 Å². The van der Waals surface area contributed by atoms with Gasteiger partial charge in [-0.1, -0.05) is 32.1 Å². The van der Waals surface area contributed by atoms with Crippen LogP contribution in [0.4, 0.5) is 0 Å². The third-order valence-corrected chi connectivity index (χ3v) is 7.83. The first-order valence-electron chi connectivity index (χ1n) is 11.7. The number of aliphatic hydroxyl groups excluding tert-OH is 1. The van der Waals surface area contributed by atoms with Crippen LogP contribution in [0.3, 0.4) is 0 Å². The van der Waals surface area contributed by atoms with Crippen LogP contribution >= 0.6 is 0 Å². The molecule has 0 unspecified atom stereocenters. The molecule has 0 spiro atoms. The lowest BCUT2D eigenvalue weighted by atomic mass is 9.47. The number of aliphatic hydroxyl groups is 1. The molecule has 0 aromatic heterocycles. The topological polar surface area (TPSA) is 92.7 Å². The monoisotopic (exact) mass is 476 g/mol. The molecule has 1 aliphatic heterocycles. The van der Waals surface area contributed by atoms with Gasteiger partial charge < -0.3 is 33.5 Å². The van der Waals surface area contributed by atoms with E-state index in [1.807, 2.05) is 37.3 Å². The molecule has 1 aromatic carbocycles. The minimum atomic E-state index is -0.995. The van der Waals surface area contributed by atoms with E-state index in [1.54, 1.807) is 14.2 Å². The molecule has 1 aromatic rings. The van der Waals surface area contributed by atoms with Crippen molar-refractivity contribution < 1.29 is 38.3 Å². The van der Waals surface area contributed by atoms with Crippen LogP contribution in [0.25, 0.3) is 0 Å². The largest absolute Gasteiger partial charge is 0.497 e. The van der Waals surface area contributed by atoms with Crippen molar-refractivity contribution in [2.24, 2.45) is 17.3 Å². The van der Waals surface area contributed by atoms with Gasteiger partial charge in [0.2, 0.25) is 0 Å². The van der Waals surface area contributed by atoms with Crippen molar-refractivity contribution in [3.63, 3.8) is 0 Å². The number of methoxy groups -OCH3 is 3. The van der Waals surface area contributed by atoms with E-state index >= 15 is 0 Å². The molecule has 0 radical (unpaired) electrons. The average molecular weight is 477 g/mol. The number of hydrogen-bond donors (Lipinski definition) is 1. The fourth-order valence-electron chi connectivity index (χ4n) is 6.06. The Morgan fingerprint density at radius 3 is 2.41 bits per heavy atom. The van der Waals surface area contributed by atoms with Gasteiger partial charge in [-0.25, -0.2) is 0 Å². The third kappa shape index (κ3) is 3.95. The zero-order chi connectivity index (χ0) is 24.7. The summed E-state index contributed by atoms with van der Waals surface area (Å²) in [6, 6.07) is 7.57. The number of rotatable bonds is 8. The molecule has 188 valence electrons. The van der Waals surface area contributed by atoms with E-state index in [4.69, 9.17) is 28.4 Å². The van der Waals surface area contributed by atoms with E-state index in [2.05, 4.69) is 13.8 Å². The molecule has 2 fully saturated rings. The normalized spacial score (nSPS) is 37.9. The summed E-state index contributed by atoms with van der Waals surface area (Å²) in [7, 11) is 4.72. The van der Waals surface area contributed by atoms with Crippen LogP contribution in [0.2, 0.25) is 0 Å². The molecule has 8 nitrogen and oxygen atoms in total. The smallest absolute Gasteiger partial charge is 0.312 e. The van der Waals surface area contributed by atoms with E-state index in [-0.39, 0.29) is 25.3 Å². The van der Waals surface area contributed by atoms with Crippen molar-refractivity contribution in [3.05, 3.63) is 41.5 Å². The van der Waals surface area contributed by atoms with E-state index in [0.717, 1.165) is 17.7 Å². The molecule has 1 saturated heterocycles. The number of benzene rings is 1. The Labute approximate surface area is 201 Å². The molecule has 2 aliphatic carbocycles. The molecule has 8 heteroatoms. The summed E-state index contributed by atoms with van der Waals surface area (Å²) in [5, 5.41) is 11.5. The van der Waals surface area contributed by atoms with E-state index in [9.17, 15) is 9.90 Å². The van der Waals surface area contributed by atoms with Gasteiger partial charge in [0.1, 0.15) is 42.6 Å². The fourth-order valence-corrected chi connectivity index (χ4v) is 6.06. The molecule has 3 aliphatic rings. The van der Waals surface area contributed by atoms with Crippen LogP contribution in [-0.2, 0) is 35.1 Å². The highest BCUT2D eigenvalue weighted by Gasteiger charge is 2.77. The molecule has 4 rings (SSSR count). The first-order valence-corrected chi connectivity index (χ1v) is 11.7. The standard InChI is InChI=1S/C26H36O8/c1-15-11-19(31-6)22(33-14-29-4)20-18-12-25(2,3)26(18,34-24(20)28)23(21(15)27)32-13-16-7-9-17(30-5)10-8-16/h7-11,18-23,27H,12-14H2,1-6H3/b15-11+/t18-,19-,20+,21-,22+,23+,26-/m0/s1. The highest BCUT2D eigenvalue weighted by atomic mass is 16.7. The molecule has 1 N–H and O–H groups in total. The molecule has 7 atom stereocenters. The second-order valence-electron chi connectivity index (χ2n) is 10.1. The Morgan fingerprint density at radius 2 is 1.82 bits per heavy atom. The number of carbonyl (C=O) groups is 1. The van der Waals surface area contributed by atoms with Crippen LogP contribution in [-0.4, -0.2) is 69.2 Å². The van der Waals surface area contributed by atoms with Gasteiger partial charge in [-0.3, -0.25) is 4.79 Å². The Morgan fingerprint density at radius 1 is 1.12 bits per heavy atom. The van der Waals surface area contributed by atoms with Crippen LogP contribution in [0.15, 0.2) is 35.9 Å². The van der Waals surface area contributed by atoms with Gasteiger partial charge in [-0.05, 0) is 36.6 Å². The van der Waals surface area contributed by atoms with Gasteiger partial charge in [0, 0.05) is 25.6 Å². The number of hydrogen-bond acceptors (Lipinski definition) is 8. The SMILES string of the molecule is COCO[C@H]1[C@@H]2C(=O)O[C@]3([C@H](OCc4ccc(OC)cc4)[C@@H](O)/C(C)=C/[C@@H]1OC)[C@H]2CC3(C)C. The predicted octanol–water partition coefficient (Wildman–Crippen LogP) is 2.86. The van der Waals surface area contributed by atoms with Gasteiger partial charge in [-0.15, -0.1) is 0 Å². The maximum Gasteiger partial charge on any atom is 0.312 e. The highest BCUT2D eigenvalue weighted by Crippen LogP contribution is 2.66. The van der Waals surface area contributed by atoms with E-state index in [1.165, 1.54) is 7.11 Å². The lowest BCUT2D eigenvalue weighted by Crippen LogP contribution is -2.70. The number of carbonyl (C=O) groups excluding carboxylic acids is 1. The molecule has 2 bridgehead atoms. The van der Waals surface area contributed by atoms with Gasteiger partial charge in [0.25, 0.3) is 0 Å². The summed E-state index contributed by atoms with van der Waals surface area (Å²) < 4.78 is 34.7. The van der Waals surface area contributed by atoms with E-state index < -0.39 is 41.3 Å². The first kappa shape index (κ1) is 25.1. The molecule has 34 heavy (non-hydrogen) atoms. The summed E-state index contributed by atoms with van der Waals surface area (Å²) in [5.41, 5.74) is 0.216. The summed E-state index contributed by atoms with van der Waals surface area (Å²) in [6.07, 6.45) is -0.352. The maximum atomic E-state index is 13.4. The van der Waals surface area contributed by atoms with Crippen molar-refractivity contribution in [2.75, 3.05) is 28.1 Å². The van der Waals surface area contributed by atoms with Crippen LogP contribution in [0.5, 0.6) is 5.75 Å². The molecule has 1 saturated carbocycles. The third-order valence-electron chi connectivity index (χ3n) is 7.83. The Balaban J connectivity index is 1.73. The average Bonchev–Trinajstić information content (AvgIpc) is 3.07. The van der Waals surface area contributed by atoms with E-state index in [0.29, 0.717) is 5.57 Å². The molecular weight excluding hydrogens is 440 g/mol. The summed E-state index contributed by atoms with van der Waals surface area (Å²) in [5.74, 6) is -0.347. The van der Waals surface area contributed by atoms with Crippen LogP contribution in [0, 0.1) is 17.3 Å². The van der Waals surface area contributed by atoms with Crippen molar-refractivity contribution in [2.45, 2.75) is 63.8 Å². The maximum absolute atomic E-state index is 13.4. The minimum Gasteiger partial charge on any atom is -0.497 e. The van der Waals surface area contributed by atoms with Gasteiger partial charge in [0.05, 0.1) is 19.6 Å². The van der Waals surface area contributed by atoms with Crippen LogP contribution < -0.4 is 4.74 Å². The van der Waals surface area contributed by atoms with Crippen molar-refractivity contribution >= 4 is 5.97 Å². The minimum absolute atomic E-state index is 0.0181. The van der Waals surface area contributed by atoms with Crippen molar-refractivity contribution in [1.29, 1.82) is 0 Å². The number of esters is 1. The van der Waals surface area contributed by atoms with Gasteiger partial charge in [0.15, 0.2) is 0 Å². The van der Waals surface area contributed by atoms with Gasteiger partial charge >= 0.3 is 5.97 Å². The Hall–Kier alpha value is -1.97. The number of ether oxygens (including phenoxy) is 6. The van der Waals surface area contributed by atoms with Crippen LogP contribution in [0.1, 0.15) is 32.8 Å². The zero-order valence-corrected chi connectivity index (χ0v) is 20.8.